The molecule has 2 aromatic rings. The first-order valence-electron chi connectivity index (χ1n) is 6.34. The first kappa shape index (κ1) is 14.3. The van der Waals surface area contributed by atoms with Crippen LogP contribution in [0, 0.1) is 0 Å². The maximum Gasteiger partial charge on any atom is 0.345 e. The third kappa shape index (κ3) is 2.87. The number of sulfonamides is 1. The molecule has 0 saturated heterocycles. The van der Waals surface area contributed by atoms with E-state index in [0.717, 1.165) is 24.2 Å². The molecule has 21 heavy (non-hydrogen) atoms. The highest BCUT2D eigenvalue weighted by atomic mass is 32.2. The van der Waals surface area contributed by atoms with E-state index in [0.29, 0.717) is 5.76 Å². The third-order valence-corrected chi connectivity index (χ3v) is 6.18. The van der Waals surface area contributed by atoms with Crippen LogP contribution < -0.4 is 0 Å². The van der Waals surface area contributed by atoms with Gasteiger partial charge in [-0.2, -0.15) is 4.31 Å². The molecule has 1 aliphatic carbocycles. The van der Waals surface area contributed by atoms with Gasteiger partial charge < -0.3 is 9.52 Å². The van der Waals surface area contributed by atoms with Crippen LogP contribution >= 0.6 is 11.3 Å². The first-order valence-corrected chi connectivity index (χ1v) is 8.66. The minimum Gasteiger partial charge on any atom is -0.477 e. The van der Waals surface area contributed by atoms with Gasteiger partial charge in [0.15, 0.2) is 0 Å². The molecular formula is C13H13NO5S2. The predicted molar refractivity (Wildman–Crippen MR) is 75.7 cm³/mol. The standard InChI is InChI=1S/C13H13NO5S2/c15-13(16)12-6-11(8-20-12)21(17,18)14(9-3-4-9)7-10-2-1-5-19-10/h1-2,5-6,8-9H,3-4,7H2,(H,15,16). The molecule has 1 fully saturated rings. The fourth-order valence-corrected chi connectivity index (χ4v) is 4.78. The molecule has 0 amide bonds. The van der Waals surface area contributed by atoms with Gasteiger partial charge in [-0.1, -0.05) is 0 Å². The molecule has 0 aliphatic heterocycles. The Morgan fingerprint density at radius 3 is 2.76 bits per heavy atom. The lowest BCUT2D eigenvalue weighted by molar-refractivity contribution is 0.0702. The molecule has 6 nitrogen and oxygen atoms in total. The molecule has 1 aliphatic rings. The molecule has 0 spiro atoms. The topological polar surface area (TPSA) is 87.8 Å². The number of nitrogens with zero attached hydrogens (tertiary/aromatic N) is 1. The Kier molecular flexibility index (Phi) is 3.60. The van der Waals surface area contributed by atoms with Crippen molar-refractivity contribution in [2.75, 3.05) is 0 Å². The van der Waals surface area contributed by atoms with Crippen LogP contribution in [-0.2, 0) is 16.6 Å². The molecule has 8 heteroatoms. The van der Waals surface area contributed by atoms with Crippen molar-refractivity contribution < 1.29 is 22.7 Å². The van der Waals surface area contributed by atoms with Crippen molar-refractivity contribution in [3.8, 4) is 0 Å². The smallest absolute Gasteiger partial charge is 0.345 e. The number of carboxylic acid groups (broad SMARTS) is 1. The van der Waals surface area contributed by atoms with E-state index < -0.39 is 16.0 Å². The molecule has 3 rings (SSSR count). The summed E-state index contributed by atoms with van der Waals surface area (Å²) in [4.78, 5) is 10.9. The lowest BCUT2D eigenvalue weighted by Crippen LogP contribution is -2.32. The normalized spacial score (nSPS) is 15.5. The second-order valence-electron chi connectivity index (χ2n) is 4.81. The summed E-state index contributed by atoms with van der Waals surface area (Å²) in [5.41, 5.74) is 0. The van der Waals surface area contributed by atoms with Gasteiger partial charge in [0.05, 0.1) is 17.7 Å². The predicted octanol–water partition coefficient (Wildman–Crippen LogP) is 2.39. The molecule has 0 bridgehead atoms. The van der Waals surface area contributed by atoms with Crippen LogP contribution in [0.4, 0.5) is 0 Å². The Morgan fingerprint density at radius 2 is 2.24 bits per heavy atom. The number of furan rings is 1. The van der Waals surface area contributed by atoms with Gasteiger partial charge in [0.2, 0.25) is 10.0 Å². The van der Waals surface area contributed by atoms with Crippen LogP contribution in [0.15, 0.2) is 39.2 Å². The zero-order valence-electron chi connectivity index (χ0n) is 10.9. The number of hydrogen-bond acceptors (Lipinski definition) is 5. The van der Waals surface area contributed by atoms with Gasteiger partial charge in [0, 0.05) is 11.4 Å². The summed E-state index contributed by atoms with van der Waals surface area (Å²) in [5.74, 6) is -0.551. The Bertz CT molecular complexity index is 743. The van der Waals surface area contributed by atoms with E-state index in [1.165, 1.54) is 22.0 Å². The molecule has 2 aromatic heterocycles. The Balaban J connectivity index is 1.91. The van der Waals surface area contributed by atoms with Crippen LogP contribution in [0.25, 0.3) is 0 Å². The van der Waals surface area contributed by atoms with E-state index in [1.807, 2.05) is 0 Å². The molecule has 0 unspecified atom stereocenters. The van der Waals surface area contributed by atoms with Crippen molar-refractivity contribution in [1.82, 2.24) is 4.31 Å². The van der Waals surface area contributed by atoms with Crippen molar-refractivity contribution in [3.05, 3.63) is 40.5 Å². The maximum absolute atomic E-state index is 12.7. The monoisotopic (exact) mass is 327 g/mol. The zero-order valence-corrected chi connectivity index (χ0v) is 12.6. The van der Waals surface area contributed by atoms with Gasteiger partial charge in [-0.15, -0.1) is 11.3 Å². The van der Waals surface area contributed by atoms with Crippen molar-refractivity contribution in [1.29, 1.82) is 0 Å². The quantitative estimate of drug-likeness (QED) is 0.880. The number of carboxylic acids is 1. The van der Waals surface area contributed by atoms with Gasteiger partial charge in [-0.25, -0.2) is 13.2 Å². The van der Waals surface area contributed by atoms with E-state index in [1.54, 1.807) is 12.1 Å². The summed E-state index contributed by atoms with van der Waals surface area (Å²) in [6.45, 7) is 0.165. The summed E-state index contributed by atoms with van der Waals surface area (Å²) in [7, 11) is -3.71. The van der Waals surface area contributed by atoms with Gasteiger partial charge in [0.25, 0.3) is 0 Å². The van der Waals surface area contributed by atoms with E-state index in [2.05, 4.69) is 0 Å². The van der Waals surface area contributed by atoms with Crippen molar-refractivity contribution in [2.45, 2.75) is 30.3 Å². The molecule has 2 heterocycles. The fraction of sp³-hybridized carbons (Fsp3) is 0.308. The molecular weight excluding hydrogens is 314 g/mol. The number of carbonyl (C=O) groups is 1. The van der Waals surface area contributed by atoms with Crippen LogP contribution in [0.5, 0.6) is 0 Å². The second kappa shape index (κ2) is 5.28. The maximum atomic E-state index is 12.7. The van der Waals surface area contributed by atoms with E-state index in [-0.39, 0.29) is 22.4 Å². The largest absolute Gasteiger partial charge is 0.477 e. The summed E-state index contributed by atoms with van der Waals surface area (Å²) in [6.07, 6.45) is 3.13. The molecule has 0 aromatic carbocycles. The van der Waals surface area contributed by atoms with Gasteiger partial charge in [-0.3, -0.25) is 0 Å². The van der Waals surface area contributed by atoms with Gasteiger partial charge in [-0.05, 0) is 31.0 Å². The van der Waals surface area contributed by atoms with Crippen molar-refractivity contribution in [2.24, 2.45) is 0 Å². The summed E-state index contributed by atoms with van der Waals surface area (Å²) >= 11 is 0.913. The van der Waals surface area contributed by atoms with E-state index in [9.17, 15) is 13.2 Å². The fourth-order valence-electron chi connectivity index (χ4n) is 2.03. The lowest BCUT2D eigenvalue weighted by Gasteiger charge is -2.19. The highest BCUT2D eigenvalue weighted by Crippen LogP contribution is 2.34. The molecule has 1 N–H and O–H groups in total. The third-order valence-electron chi connectivity index (χ3n) is 3.24. The van der Waals surface area contributed by atoms with Crippen LogP contribution in [0.1, 0.15) is 28.3 Å². The van der Waals surface area contributed by atoms with Crippen molar-refractivity contribution in [3.63, 3.8) is 0 Å². The first-order chi connectivity index (χ1) is 9.98. The van der Waals surface area contributed by atoms with E-state index in [4.69, 9.17) is 9.52 Å². The lowest BCUT2D eigenvalue weighted by atomic mass is 10.4. The minimum atomic E-state index is -3.71. The SMILES string of the molecule is O=C(O)c1cc(S(=O)(=O)N(Cc2ccco2)C2CC2)cs1. The Hall–Kier alpha value is -1.64. The van der Waals surface area contributed by atoms with Gasteiger partial charge >= 0.3 is 5.97 Å². The molecule has 0 atom stereocenters. The van der Waals surface area contributed by atoms with Crippen LogP contribution in [0.3, 0.4) is 0 Å². The van der Waals surface area contributed by atoms with Crippen LogP contribution in [0.2, 0.25) is 0 Å². The molecule has 112 valence electrons. The second-order valence-corrected chi connectivity index (χ2v) is 7.61. The number of aromatic carboxylic acids is 1. The summed E-state index contributed by atoms with van der Waals surface area (Å²) in [6, 6.07) is 4.61. The minimum absolute atomic E-state index is 0.0160. The Labute approximate surface area is 125 Å². The highest BCUT2D eigenvalue weighted by Gasteiger charge is 2.39. The molecule has 0 radical (unpaired) electrons. The number of rotatable bonds is 6. The average Bonchev–Trinajstić information content (AvgIpc) is 2.95. The number of thiophene rings is 1. The molecule has 1 saturated carbocycles. The average molecular weight is 327 g/mol. The number of hydrogen-bond donors (Lipinski definition) is 1. The highest BCUT2D eigenvalue weighted by molar-refractivity contribution is 7.89. The zero-order chi connectivity index (χ0) is 15.0. The Morgan fingerprint density at radius 1 is 1.48 bits per heavy atom. The van der Waals surface area contributed by atoms with Crippen molar-refractivity contribution >= 4 is 27.3 Å². The van der Waals surface area contributed by atoms with Crippen LogP contribution in [-0.4, -0.2) is 29.8 Å². The van der Waals surface area contributed by atoms with Gasteiger partial charge in [0.1, 0.15) is 10.6 Å². The summed E-state index contributed by atoms with van der Waals surface area (Å²) in [5, 5.41) is 10.3. The van der Waals surface area contributed by atoms with E-state index >= 15 is 0 Å². The summed E-state index contributed by atoms with van der Waals surface area (Å²) < 4.78 is 32.0.